The molecular weight excluding hydrogens is 242 g/mol. The molecule has 3 atom stereocenters. The topological polar surface area (TPSA) is 67.6 Å². The first-order valence-electron chi connectivity index (χ1n) is 7.56. The molecule has 2 aliphatic heterocycles. The summed E-state index contributed by atoms with van der Waals surface area (Å²) in [5.74, 6) is 0.865. The molecule has 2 saturated heterocycles. The zero-order chi connectivity index (χ0) is 13.7. The van der Waals surface area contributed by atoms with Gasteiger partial charge in [-0.05, 0) is 32.1 Å². The molecule has 110 valence electrons. The molecule has 5 heteroatoms. The minimum atomic E-state index is 0.189. The third kappa shape index (κ3) is 4.16. The van der Waals surface area contributed by atoms with Crippen LogP contribution in [0.25, 0.3) is 0 Å². The van der Waals surface area contributed by atoms with Crippen LogP contribution in [0.3, 0.4) is 0 Å². The number of nitrogens with two attached hydrogens (primary N) is 1. The van der Waals surface area contributed by atoms with Gasteiger partial charge in [-0.25, -0.2) is 0 Å². The number of carbonyl (C=O) groups excluding carboxylic acids is 1. The Morgan fingerprint density at radius 2 is 2.37 bits per heavy atom. The van der Waals surface area contributed by atoms with Gasteiger partial charge in [0.15, 0.2) is 0 Å². The van der Waals surface area contributed by atoms with Gasteiger partial charge in [0.2, 0.25) is 5.91 Å². The van der Waals surface area contributed by atoms with E-state index in [9.17, 15) is 4.79 Å². The number of nitrogens with zero attached hydrogens (tertiary/aromatic N) is 1. The Kier molecular flexibility index (Phi) is 5.60. The smallest absolute Gasteiger partial charge is 0.220 e. The summed E-state index contributed by atoms with van der Waals surface area (Å²) in [6, 6.07) is 0.412. The molecule has 2 heterocycles. The van der Waals surface area contributed by atoms with E-state index in [0.29, 0.717) is 24.9 Å². The van der Waals surface area contributed by atoms with E-state index in [1.807, 2.05) is 6.92 Å². The Balaban J connectivity index is 1.73. The van der Waals surface area contributed by atoms with E-state index in [0.717, 1.165) is 45.5 Å². The number of fused-ring (bicyclic) bond motifs is 1. The fourth-order valence-corrected chi connectivity index (χ4v) is 3.22. The van der Waals surface area contributed by atoms with Crippen LogP contribution in [0.1, 0.15) is 32.6 Å². The van der Waals surface area contributed by atoms with E-state index in [-0.39, 0.29) is 12.0 Å². The van der Waals surface area contributed by atoms with Gasteiger partial charge in [0.25, 0.3) is 0 Å². The van der Waals surface area contributed by atoms with Crippen molar-refractivity contribution in [3.05, 3.63) is 0 Å². The zero-order valence-electron chi connectivity index (χ0n) is 11.9. The van der Waals surface area contributed by atoms with Gasteiger partial charge in [0, 0.05) is 45.2 Å². The molecule has 5 nitrogen and oxygen atoms in total. The predicted octanol–water partition coefficient (Wildman–Crippen LogP) is 0.341. The number of ether oxygens (including phenoxy) is 1. The van der Waals surface area contributed by atoms with Gasteiger partial charge < -0.3 is 20.7 Å². The van der Waals surface area contributed by atoms with E-state index in [2.05, 4.69) is 10.2 Å². The fraction of sp³-hybridized carbons (Fsp3) is 0.929. The summed E-state index contributed by atoms with van der Waals surface area (Å²) >= 11 is 0. The molecule has 19 heavy (non-hydrogen) atoms. The summed E-state index contributed by atoms with van der Waals surface area (Å²) in [4.78, 5) is 13.9. The van der Waals surface area contributed by atoms with Crippen LogP contribution in [-0.2, 0) is 9.53 Å². The summed E-state index contributed by atoms with van der Waals surface area (Å²) in [6.45, 7) is 6.58. The molecule has 1 amide bonds. The Bertz CT molecular complexity index is 298. The second kappa shape index (κ2) is 7.22. The van der Waals surface area contributed by atoms with Crippen molar-refractivity contribution in [1.29, 1.82) is 0 Å². The summed E-state index contributed by atoms with van der Waals surface area (Å²) in [5, 5.41) is 3.12. The van der Waals surface area contributed by atoms with Crippen molar-refractivity contribution in [1.82, 2.24) is 10.2 Å². The van der Waals surface area contributed by atoms with Crippen molar-refractivity contribution in [2.45, 2.75) is 44.8 Å². The van der Waals surface area contributed by atoms with E-state index in [4.69, 9.17) is 10.5 Å². The molecule has 0 aliphatic carbocycles. The Morgan fingerprint density at radius 1 is 1.53 bits per heavy atom. The fourth-order valence-electron chi connectivity index (χ4n) is 3.22. The molecule has 2 rings (SSSR count). The van der Waals surface area contributed by atoms with Gasteiger partial charge in [0.05, 0.1) is 6.10 Å². The lowest BCUT2D eigenvalue weighted by Gasteiger charge is -2.41. The zero-order valence-corrected chi connectivity index (χ0v) is 11.9. The van der Waals surface area contributed by atoms with Gasteiger partial charge >= 0.3 is 0 Å². The maximum Gasteiger partial charge on any atom is 0.220 e. The molecule has 0 aromatic rings. The lowest BCUT2D eigenvalue weighted by Crippen LogP contribution is -2.54. The van der Waals surface area contributed by atoms with Crippen LogP contribution < -0.4 is 11.1 Å². The van der Waals surface area contributed by atoms with Crippen molar-refractivity contribution in [3.63, 3.8) is 0 Å². The number of carbonyl (C=O) groups is 1. The lowest BCUT2D eigenvalue weighted by molar-refractivity contribution is -0.125. The Labute approximate surface area is 115 Å². The third-order valence-electron chi connectivity index (χ3n) is 4.34. The second-order valence-electron chi connectivity index (χ2n) is 5.66. The monoisotopic (exact) mass is 269 g/mol. The molecule has 0 spiro atoms. The third-order valence-corrected chi connectivity index (χ3v) is 4.34. The van der Waals surface area contributed by atoms with Crippen molar-refractivity contribution in [2.75, 3.05) is 32.8 Å². The molecule has 0 aromatic heterocycles. The van der Waals surface area contributed by atoms with Gasteiger partial charge in [-0.3, -0.25) is 4.79 Å². The standard InChI is InChI=1S/C14H27N3O2/c1-2-19-12(9-15)5-7-17-8-6-13-11(10-17)3-4-14(18)16-13/h11-13H,2-10,15H2,1H3,(H,16,18). The summed E-state index contributed by atoms with van der Waals surface area (Å²) in [6.07, 6.45) is 4.01. The molecule has 2 fully saturated rings. The van der Waals surface area contributed by atoms with E-state index >= 15 is 0 Å². The number of piperidine rings is 2. The molecule has 0 saturated carbocycles. The van der Waals surface area contributed by atoms with Crippen molar-refractivity contribution >= 4 is 5.91 Å². The molecule has 0 radical (unpaired) electrons. The van der Waals surface area contributed by atoms with Gasteiger partial charge in [-0.1, -0.05) is 0 Å². The highest BCUT2D eigenvalue weighted by Gasteiger charge is 2.33. The molecule has 2 aliphatic rings. The van der Waals surface area contributed by atoms with E-state index in [1.54, 1.807) is 0 Å². The van der Waals surface area contributed by atoms with Crippen LogP contribution in [-0.4, -0.2) is 55.7 Å². The minimum Gasteiger partial charge on any atom is -0.377 e. The number of likely N-dealkylation sites (tertiary alicyclic amines) is 1. The minimum absolute atomic E-state index is 0.189. The van der Waals surface area contributed by atoms with E-state index < -0.39 is 0 Å². The molecule has 3 unspecified atom stereocenters. The molecule has 0 bridgehead atoms. The van der Waals surface area contributed by atoms with Crippen molar-refractivity contribution in [2.24, 2.45) is 11.7 Å². The summed E-state index contributed by atoms with van der Waals surface area (Å²) in [7, 11) is 0. The summed E-state index contributed by atoms with van der Waals surface area (Å²) < 4.78 is 5.59. The molecule has 0 aromatic carbocycles. The molecular formula is C14H27N3O2. The van der Waals surface area contributed by atoms with Crippen LogP contribution in [0.4, 0.5) is 0 Å². The SMILES string of the molecule is CCOC(CN)CCN1CCC2NC(=O)CCC2C1. The highest BCUT2D eigenvalue weighted by molar-refractivity contribution is 5.77. The lowest BCUT2D eigenvalue weighted by atomic mass is 9.85. The first kappa shape index (κ1) is 14.8. The van der Waals surface area contributed by atoms with Gasteiger partial charge in [0.1, 0.15) is 0 Å². The largest absolute Gasteiger partial charge is 0.377 e. The number of amides is 1. The highest BCUT2D eigenvalue weighted by atomic mass is 16.5. The first-order chi connectivity index (χ1) is 9.22. The number of nitrogens with one attached hydrogen (secondary N) is 1. The summed E-state index contributed by atoms with van der Waals surface area (Å²) in [5.41, 5.74) is 5.70. The van der Waals surface area contributed by atoms with Crippen LogP contribution in [0.15, 0.2) is 0 Å². The van der Waals surface area contributed by atoms with Crippen LogP contribution >= 0.6 is 0 Å². The normalized spacial score (nSPS) is 29.7. The highest BCUT2D eigenvalue weighted by Crippen LogP contribution is 2.25. The van der Waals surface area contributed by atoms with Crippen LogP contribution in [0.2, 0.25) is 0 Å². The Morgan fingerprint density at radius 3 is 3.11 bits per heavy atom. The average molecular weight is 269 g/mol. The van der Waals surface area contributed by atoms with Crippen molar-refractivity contribution in [3.8, 4) is 0 Å². The van der Waals surface area contributed by atoms with Crippen LogP contribution in [0.5, 0.6) is 0 Å². The number of hydrogen-bond donors (Lipinski definition) is 2. The first-order valence-corrected chi connectivity index (χ1v) is 7.56. The quantitative estimate of drug-likeness (QED) is 0.730. The molecule has 3 N–H and O–H groups in total. The maximum atomic E-state index is 11.4. The average Bonchev–Trinajstić information content (AvgIpc) is 2.43. The second-order valence-corrected chi connectivity index (χ2v) is 5.66. The Hall–Kier alpha value is -0.650. The number of rotatable bonds is 6. The maximum absolute atomic E-state index is 11.4. The predicted molar refractivity (Wildman–Crippen MR) is 74.8 cm³/mol. The van der Waals surface area contributed by atoms with Gasteiger partial charge in [-0.2, -0.15) is 0 Å². The number of hydrogen-bond acceptors (Lipinski definition) is 4. The van der Waals surface area contributed by atoms with Crippen molar-refractivity contribution < 1.29 is 9.53 Å². The van der Waals surface area contributed by atoms with E-state index in [1.165, 1.54) is 0 Å². The van der Waals surface area contributed by atoms with Crippen LogP contribution in [0, 0.1) is 5.92 Å². The van der Waals surface area contributed by atoms with Gasteiger partial charge in [-0.15, -0.1) is 0 Å².